The molecular formula is C13H24N2O3S. The van der Waals surface area contributed by atoms with Gasteiger partial charge in [0.15, 0.2) is 9.84 Å². The number of rotatable bonds is 4. The summed E-state index contributed by atoms with van der Waals surface area (Å²) in [5.41, 5.74) is 0. The third-order valence-corrected chi connectivity index (χ3v) is 5.96. The Kier molecular flexibility index (Phi) is 4.84. The Labute approximate surface area is 115 Å². The number of hydrogen-bond acceptors (Lipinski definition) is 4. The molecule has 0 radical (unpaired) electrons. The highest BCUT2D eigenvalue weighted by molar-refractivity contribution is 7.91. The van der Waals surface area contributed by atoms with Crippen molar-refractivity contribution in [1.29, 1.82) is 0 Å². The number of sulfone groups is 1. The Balaban J connectivity index is 1.77. The van der Waals surface area contributed by atoms with E-state index in [1.54, 1.807) is 0 Å². The molecule has 1 saturated heterocycles. The lowest BCUT2D eigenvalue weighted by Gasteiger charge is -2.25. The third kappa shape index (κ3) is 4.45. The maximum Gasteiger partial charge on any atom is 0.221 e. The molecule has 1 heterocycles. The average Bonchev–Trinajstić information content (AvgIpc) is 2.80. The standard InChI is InChI=1S/C13H24N2O3S/c1-10(11-4-2-3-5-11)15-13(16)8-12-9-19(17,18)7-6-14-12/h10-12,14H,2-9H2,1H3,(H,15,16)/t10-,12?/m1/s1. The fourth-order valence-corrected chi connectivity index (χ4v) is 4.55. The van der Waals surface area contributed by atoms with Gasteiger partial charge in [-0.3, -0.25) is 4.79 Å². The van der Waals surface area contributed by atoms with Crippen molar-refractivity contribution in [2.75, 3.05) is 18.1 Å². The summed E-state index contributed by atoms with van der Waals surface area (Å²) in [6.45, 7) is 2.51. The van der Waals surface area contributed by atoms with Gasteiger partial charge in [0.2, 0.25) is 5.91 Å². The van der Waals surface area contributed by atoms with Crippen molar-refractivity contribution in [2.24, 2.45) is 5.92 Å². The molecule has 5 nitrogen and oxygen atoms in total. The van der Waals surface area contributed by atoms with Crippen LogP contribution in [-0.2, 0) is 14.6 Å². The summed E-state index contributed by atoms with van der Waals surface area (Å²) in [5.74, 6) is 0.822. The van der Waals surface area contributed by atoms with E-state index in [9.17, 15) is 13.2 Å². The molecule has 1 aliphatic carbocycles. The maximum absolute atomic E-state index is 11.9. The zero-order valence-corrected chi connectivity index (χ0v) is 12.3. The van der Waals surface area contributed by atoms with Crippen molar-refractivity contribution in [1.82, 2.24) is 10.6 Å². The van der Waals surface area contributed by atoms with Gasteiger partial charge in [0.1, 0.15) is 0 Å². The van der Waals surface area contributed by atoms with Crippen LogP contribution >= 0.6 is 0 Å². The zero-order valence-electron chi connectivity index (χ0n) is 11.5. The largest absolute Gasteiger partial charge is 0.353 e. The van der Waals surface area contributed by atoms with Crippen LogP contribution in [0.15, 0.2) is 0 Å². The van der Waals surface area contributed by atoms with Crippen molar-refractivity contribution in [3.8, 4) is 0 Å². The number of nitrogens with one attached hydrogen (secondary N) is 2. The van der Waals surface area contributed by atoms with Gasteiger partial charge in [0.25, 0.3) is 0 Å². The summed E-state index contributed by atoms with van der Waals surface area (Å²) in [7, 11) is -2.96. The third-order valence-electron chi connectivity index (χ3n) is 4.23. The second-order valence-corrected chi connectivity index (χ2v) is 8.10. The predicted molar refractivity (Wildman–Crippen MR) is 74.6 cm³/mol. The molecular weight excluding hydrogens is 264 g/mol. The van der Waals surface area contributed by atoms with Crippen LogP contribution in [0.1, 0.15) is 39.0 Å². The lowest BCUT2D eigenvalue weighted by Crippen LogP contribution is -2.48. The Bertz CT molecular complexity index is 416. The molecule has 6 heteroatoms. The second kappa shape index (κ2) is 6.22. The Morgan fingerprint density at radius 3 is 2.68 bits per heavy atom. The molecule has 2 fully saturated rings. The van der Waals surface area contributed by atoms with Crippen molar-refractivity contribution in [3.05, 3.63) is 0 Å². The van der Waals surface area contributed by atoms with Crippen LogP contribution in [0, 0.1) is 5.92 Å². The smallest absolute Gasteiger partial charge is 0.221 e. The highest BCUT2D eigenvalue weighted by atomic mass is 32.2. The van der Waals surface area contributed by atoms with Gasteiger partial charge in [0, 0.05) is 25.0 Å². The first-order valence-electron chi connectivity index (χ1n) is 7.19. The molecule has 110 valence electrons. The van der Waals surface area contributed by atoms with E-state index in [0.29, 0.717) is 12.5 Å². The molecule has 0 aromatic heterocycles. The molecule has 2 rings (SSSR count). The summed E-state index contributed by atoms with van der Waals surface area (Å²) in [6.07, 6.45) is 5.16. The molecule has 1 unspecified atom stereocenters. The fourth-order valence-electron chi connectivity index (χ4n) is 3.11. The van der Waals surface area contributed by atoms with E-state index in [-0.39, 0.29) is 35.9 Å². The van der Waals surface area contributed by atoms with Gasteiger partial charge < -0.3 is 10.6 Å². The molecule has 1 aliphatic heterocycles. The van der Waals surface area contributed by atoms with Crippen molar-refractivity contribution < 1.29 is 13.2 Å². The number of carbonyl (C=O) groups excluding carboxylic acids is 1. The highest BCUT2D eigenvalue weighted by Crippen LogP contribution is 2.27. The highest BCUT2D eigenvalue weighted by Gasteiger charge is 2.27. The quantitative estimate of drug-likeness (QED) is 0.788. The molecule has 1 saturated carbocycles. The van der Waals surface area contributed by atoms with Crippen LogP contribution in [0.25, 0.3) is 0 Å². The van der Waals surface area contributed by atoms with Gasteiger partial charge in [-0.15, -0.1) is 0 Å². The molecule has 0 aromatic carbocycles. The van der Waals surface area contributed by atoms with Crippen LogP contribution in [-0.4, -0.2) is 44.5 Å². The lowest BCUT2D eigenvalue weighted by molar-refractivity contribution is -0.122. The van der Waals surface area contributed by atoms with Crippen LogP contribution in [0.2, 0.25) is 0 Å². The Morgan fingerprint density at radius 2 is 2.05 bits per heavy atom. The normalized spacial score (nSPS) is 29.0. The monoisotopic (exact) mass is 288 g/mol. The molecule has 2 N–H and O–H groups in total. The summed E-state index contributed by atoms with van der Waals surface area (Å²) in [6, 6.07) is -0.0234. The summed E-state index contributed by atoms with van der Waals surface area (Å²) >= 11 is 0. The van der Waals surface area contributed by atoms with E-state index >= 15 is 0 Å². The van der Waals surface area contributed by atoms with E-state index in [2.05, 4.69) is 17.6 Å². The SMILES string of the molecule is C[C@@H](NC(=O)CC1CS(=O)(=O)CCN1)C1CCCC1. The Morgan fingerprint density at radius 1 is 1.37 bits per heavy atom. The average molecular weight is 288 g/mol. The summed E-state index contributed by atoms with van der Waals surface area (Å²) in [5, 5.41) is 6.13. The summed E-state index contributed by atoms with van der Waals surface area (Å²) in [4.78, 5) is 11.9. The zero-order chi connectivity index (χ0) is 13.9. The Hall–Kier alpha value is -0.620. The van der Waals surface area contributed by atoms with E-state index in [4.69, 9.17) is 0 Å². The van der Waals surface area contributed by atoms with Gasteiger partial charge in [-0.05, 0) is 25.7 Å². The second-order valence-electron chi connectivity index (χ2n) is 5.87. The number of carbonyl (C=O) groups is 1. The first-order valence-corrected chi connectivity index (χ1v) is 9.01. The number of amides is 1. The van der Waals surface area contributed by atoms with Crippen molar-refractivity contribution >= 4 is 15.7 Å². The first kappa shape index (κ1) is 14.8. The van der Waals surface area contributed by atoms with Crippen molar-refractivity contribution in [2.45, 2.75) is 51.1 Å². The van der Waals surface area contributed by atoms with E-state index in [0.717, 1.165) is 0 Å². The topological polar surface area (TPSA) is 75.3 Å². The van der Waals surface area contributed by atoms with Crippen LogP contribution < -0.4 is 10.6 Å². The summed E-state index contributed by atoms with van der Waals surface area (Å²) < 4.78 is 23.0. The molecule has 2 aliphatic rings. The van der Waals surface area contributed by atoms with Crippen LogP contribution in [0.3, 0.4) is 0 Å². The fraction of sp³-hybridized carbons (Fsp3) is 0.923. The molecule has 0 aromatic rings. The maximum atomic E-state index is 11.9. The van der Waals surface area contributed by atoms with Gasteiger partial charge in [-0.1, -0.05) is 12.8 Å². The molecule has 0 bridgehead atoms. The van der Waals surface area contributed by atoms with E-state index in [1.165, 1.54) is 25.7 Å². The van der Waals surface area contributed by atoms with Gasteiger partial charge in [-0.25, -0.2) is 8.42 Å². The predicted octanol–water partition coefficient (Wildman–Crippen LogP) is 0.458. The minimum atomic E-state index is -2.96. The van der Waals surface area contributed by atoms with Gasteiger partial charge in [0.05, 0.1) is 11.5 Å². The van der Waals surface area contributed by atoms with Gasteiger partial charge in [-0.2, -0.15) is 0 Å². The molecule has 19 heavy (non-hydrogen) atoms. The lowest BCUT2D eigenvalue weighted by atomic mass is 9.99. The molecule has 1 amide bonds. The number of hydrogen-bond donors (Lipinski definition) is 2. The van der Waals surface area contributed by atoms with Crippen molar-refractivity contribution in [3.63, 3.8) is 0 Å². The molecule has 0 spiro atoms. The first-order chi connectivity index (χ1) is 8.96. The minimum Gasteiger partial charge on any atom is -0.353 e. The van der Waals surface area contributed by atoms with E-state index < -0.39 is 9.84 Å². The van der Waals surface area contributed by atoms with Gasteiger partial charge >= 0.3 is 0 Å². The van der Waals surface area contributed by atoms with E-state index in [1.807, 2.05) is 0 Å². The van der Waals surface area contributed by atoms with Crippen LogP contribution in [0.5, 0.6) is 0 Å². The molecule has 2 atom stereocenters. The van der Waals surface area contributed by atoms with Crippen LogP contribution in [0.4, 0.5) is 0 Å². The minimum absolute atomic E-state index is 0.0333.